The van der Waals surface area contributed by atoms with E-state index in [0.717, 1.165) is 50.6 Å². The lowest BCUT2D eigenvalue weighted by Gasteiger charge is -2.27. The van der Waals surface area contributed by atoms with E-state index < -0.39 is 0 Å². The molecule has 2 aromatic rings. The second kappa shape index (κ2) is 13.4. The van der Waals surface area contributed by atoms with E-state index in [1.165, 1.54) is 0 Å². The van der Waals surface area contributed by atoms with E-state index in [9.17, 15) is 4.79 Å². The molecule has 0 saturated carbocycles. The van der Waals surface area contributed by atoms with Gasteiger partial charge in [-0.05, 0) is 30.7 Å². The second-order valence-corrected chi connectivity index (χ2v) is 7.75. The fraction of sp³-hybridized carbons (Fsp3) is 0.500. The largest absolute Gasteiger partial charge is 0.379 e. The smallest absolute Gasteiger partial charge is 0.243 e. The highest BCUT2D eigenvalue weighted by atomic mass is 127. The number of ether oxygens (including phenoxy) is 1. The van der Waals surface area contributed by atoms with Crippen LogP contribution in [0.4, 0.5) is 0 Å². The Hall–Kier alpha value is -2.18. The van der Waals surface area contributed by atoms with Crippen molar-refractivity contribution in [2.45, 2.75) is 13.0 Å². The average Bonchev–Trinajstić information content (AvgIpc) is 3.33. The zero-order valence-electron chi connectivity index (χ0n) is 19.0. The summed E-state index contributed by atoms with van der Waals surface area (Å²) in [6.07, 6.45) is 3.68. The Bertz CT molecular complexity index is 852. The Balaban J connectivity index is 0.00000363. The van der Waals surface area contributed by atoms with Gasteiger partial charge in [0.2, 0.25) is 5.91 Å². The molecule has 1 fully saturated rings. The molecular formula is C22H34IN7O2. The Morgan fingerprint density at radius 2 is 2.06 bits per heavy atom. The Kier molecular flexibility index (Phi) is 10.9. The highest BCUT2D eigenvalue weighted by Gasteiger charge is 2.13. The molecular weight excluding hydrogens is 521 g/mol. The first-order chi connectivity index (χ1) is 15.0. The number of morpholine rings is 1. The first-order valence-corrected chi connectivity index (χ1v) is 10.7. The highest BCUT2D eigenvalue weighted by Crippen LogP contribution is 2.16. The van der Waals surface area contributed by atoms with Crippen LogP contribution in [0.15, 0.2) is 47.7 Å². The Labute approximate surface area is 207 Å². The van der Waals surface area contributed by atoms with E-state index >= 15 is 0 Å². The molecule has 1 amide bonds. The monoisotopic (exact) mass is 555 g/mol. The van der Waals surface area contributed by atoms with Crippen molar-refractivity contribution in [3.63, 3.8) is 0 Å². The summed E-state index contributed by atoms with van der Waals surface area (Å²) in [7, 11) is 3.47. The topological polar surface area (TPSA) is 87.0 Å². The normalized spacial score (nSPS) is 15.5. The SMILES string of the molecule is CC(NC(=NCC(=O)N(C)C)NCCN1CCOCC1)c1cccc(-n2cccn2)c1.I. The van der Waals surface area contributed by atoms with Gasteiger partial charge in [0, 0.05) is 52.7 Å². The number of carbonyl (C=O) groups excluding carboxylic acids is 1. The van der Waals surface area contributed by atoms with E-state index in [4.69, 9.17) is 4.74 Å². The summed E-state index contributed by atoms with van der Waals surface area (Å²) in [5.74, 6) is 0.586. The third-order valence-corrected chi connectivity index (χ3v) is 5.19. The summed E-state index contributed by atoms with van der Waals surface area (Å²) in [4.78, 5) is 20.4. The third-order valence-electron chi connectivity index (χ3n) is 5.19. The zero-order valence-corrected chi connectivity index (χ0v) is 21.4. The molecule has 1 saturated heterocycles. The first kappa shape index (κ1) is 26.1. The molecule has 2 N–H and O–H groups in total. The maximum Gasteiger partial charge on any atom is 0.243 e. The molecule has 176 valence electrons. The van der Waals surface area contributed by atoms with Crippen LogP contribution in [-0.2, 0) is 9.53 Å². The number of halogens is 1. The Morgan fingerprint density at radius 3 is 2.75 bits per heavy atom. The molecule has 0 radical (unpaired) electrons. The fourth-order valence-corrected chi connectivity index (χ4v) is 3.24. The van der Waals surface area contributed by atoms with Crippen molar-refractivity contribution >= 4 is 35.8 Å². The van der Waals surface area contributed by atoms with E-state index in [2.05, 4.69) is 44.7 Å². The van der Waals surface area contributed by atoms with Crippen molar-refractivity contribution in [2.24, 2.45) is 4.99 Å². The highest BCUT2D eigenvalue weighted by molar-refractivity contribution is 14.0. The van der Waals surface area contributed by atoms with Gasteiger partial charge in [0.15, 0.2) is 5.96 Å². The van der Waals surface area contributed by atoms with Gasteiger partial charge in [0.25, 0.3) is 0 Å². The van der Waals surface area contributed by atoms with Crippen LogP contribution in [0.25, 0.3) is 5.69 Å². The third kappa shape index (κ3) is 8.06. The fourth-order valence-electron chi connectivity index (χ4n) is 3.24. The van der Waals surface area contributed by atoms with Crippen LogP contribution in [0.3, 0.4) is 0 Å². The van der Waals surface area contributed by atoms with Gasteiger partial charge in [-0.15, -0.1) is 24.0 Å². The molecule has 3 rings (SSSR count). The molecule has 1 atom stereocenters. The lowest BCUT2D eigenvalue weighted by molar-refractivity contribution is -0.127. The van der Waals surface area contributed by atoms with Crippen molar-refractivity contribution in [3.05, 3.63) is 48.3 Å². The molecule has 1 aromatic heterocycles. The lowest BCUT2D eigenvalue weighted by Crippen LogP contribution is -2.45. The zero-order chi connectivity index (χ0) is 22.1. The number of likely N-dealkylation sites (N-methyl/N-ethyl adjacent to an activating group) is 1. The number of aromatic nitrogens is 2. The van der Waals surface area contributed by atoms with Gasteiger partial charge in [0.1, 0.15) is 6.54 Å². The number of benzene rings is 1. The lowest BCUT2D eigenvalue weighted by atomic mass is 10.1. The van der Waals surface area contributed by atoms with E-state index in [-0.39, 0.29) is 42.5 Å². The van der Waals surface area contributed by atoms with Crippen molar-refractivity contribution < 1.29 is 9.53 Å². The van der Waals surface area contributed by atoms with Gasteiger partial charge >= 0.3 is 0 Å². The molecule has 1 aromatic carbocycles. The summed E-state index contributed by atoms with van der Waals surface area (Å²) < 4.78 is 7.24. The van der Waals surface area contributed by atoms with Gasteiger partial charge in [-0.2, -0.15) is 5.10 Å². The summed E-state index contributed by atoms with van der Waals surface area (Å²) in [6.45, 7) is 7.25. The summed E-state index contributed by atoms with van der Waals surface area (Å²) in [5, 5.41) is 11.1. The van der Waals surface area contributed by atoms with Crippen LogP contribution >= 0.6 is 24.0 Å². The number of hydrogen-bond donors (Lipinski definition) is 2. The van der Waals surface area contributed by atoms with Gasteiger partial charge < -0.3 is 20.3 Å². The Morgan fingerprint density at radius 1 is 1.28 bits per heavy atom. The van der Waals surface area contributed by atoms with Crippen LogP contribution in [0, 0.1) is 0 Å². The average molecular weight is 555 g/mol. The van der Waals surface area contributed by atoms with Crippen LogP contribution < -0.4 is 10.6 Å². The number of carbonyl (C=O) groups is 1. The van der Waals surface area contributed by atoms with Crippen molar-refractivity contribution in [1.29, 1.82) is 0 Å². The van der Waals surface area contributed by atoms with Crippen LogP contribution in [0.2, 0.25) is 0 Å². The maximum absolute atomic E-state index is 12.0. The van der Waals surface area contributed by atoms with E-state index in [1.807, 2.05) is 29.1 Å². The standard InChI is InChI=1S/C22H33N7O2.HI/c1-18(19-6-4-7-20(16-19)29-10-5-8-25-29)26-22(24-17-21(30)27(2)3)23-9-11-28-12-14-31-15-13-28;/h4-8,10,16,18H,9,11-15,17H2,1-3H3,(H2,23,24,26);1H. The molecule has 1 unspecified atom stereocenters. The number of nitrogens with zero attached hydrogens (tertiary/aromatic N) is 5. The molecule has 1 aliphatic rings. The number of aliphatic imine (C=N–C) groups is 1. The molecule has 0 bridgehead atoms. The minimum Gasteiger partial charge on any atom is -0.379 e. The molecule has 1 aliphatic heterocycles. The van der Waals surface area contributed by atoms with Crippen molar-refractivity contribution in [1.82, 2.24) is 30.2 Å². The van der Waals surface area contributed by atoms with Gasteiger partial charge in [0.05, 0.1) is 24.9 Å². The molecule has 0 spiro atoms. The number of rotatable bonds is 8. The van der Waals surface area contributed by atoms with Gasteiger partial charge in [-0.3, -0.25) is 9.69 Å². The molecule has 32 heavy (non-hydrogen) atoms. The van der Waals surface area contributed by atoms with Crippen LogP contribution in [0.1, 0.15) is 18.5 Å². The maximum atomic E-state index is 12.0. The first-order valence-electron chi connectivity index (χ1n) is 10.7. The minimum atomic E-state index is -0.0392. The predicted octanol–water partition coefficient (Wildman–Crippen LogP) is 1.51. The quantitative estimate of drug-likeness (QED) is 0.292. The number of guanidine groups is 1. The van der Waals surface area contributed by atoms with Gasteiger partial charge in [-0.1, -0.05) is 12.1 Å². The summed E-state index contributed by atoms with van der Waals surface area (Å²) in [6, 6.07) is 10.1. The minimum absolute atomic E-state index is 0. The van der Waals surface area contributed by atoms with E-state index in [0.29, 0.717) is 5.96 Å². The molecule has 9 nitrogen and oxygen atoms in total. The predicted molar refractivity (Wildman–Crippen MR) is 137 cm³/mol. The van der Waals surface area contributed by atoms with Crippen LogP contribution in [0.5, 0.6) is 0 Å². The number of hydrogen-bond acceptors (Lipinski definition) is 5. The number of amides is 1. The van der Waals surface area contributed by atoms with Crippen molar-refractivity contribution in [3.8, 4) is 5.69 Å². The number of nitrogens with one attached hydrogen (secondary N) is 2. The second-order valence-electron chi connectivity index (χ2n) is 7.75. The molecule has 2 heterocycles. The summed E-state index contributed by atoms with van der Waals surface area (Å²) >= 11 is 0. The van der Waals surface area contributed by atoms with E-state index in [1.54, 1.807) is 25.2 Å². The molecule has 10 heteroatoms. The van der Waals surface area contributed by atoms with Gasteiger partial charge in [-0.25, -0.2) is 9.67 Å². The summed E-state index contributed by atoms with van der Waals surface area (Å²) in [5.41, 5.74) is 2.10. The van der Waals surface area contributed by atoms with Crippen molar-refractivity contribution in [2.75, 3.05) is 60.0 Å². The van der Waals surface area contributed by atoms with Crippen LogP contribution in [-0.4, -0.2) is 91.5 Å². The molecule has 0 aliphatic carbocycles.